The molecule has 1 aliphatic rings. The molecule has 19 heavy (non-hydrogen) atoms. The van der Waals surface area contributed by atoms with Gasteiger partial charge in [-0.15, -0.1) is 0 Å². The van der Waals surface area contributed by atoms with Crippen molar-refractivity contribution in [3.63, 3.8) is 0 Å². The highest BCUT2D eigenvalue weighted by atomic mass is 16.1. The lowest BCUT2D eigenvalue weighted by Gasteiger charge is -2.17. The predicted molar refractivity (Wildman–Crippen MR) is 75.9 cm³/mol. The minimum atomic E-state index is 0.168. The quantitative estimate of drug-likeness (QED) is 0.843. The second kappa shape index (κ2) is 6.04. The van der Waals surface area contributed by atoms with Gasteiger partial charge in [-0.25, -0.2) is 0 Å². The number of carbonyl (C=O) groups is 1. The normalized spacial score (nSPS) is 18.6. The van der Waals surface area contributed by atoms with E-state index >= 15 is 0 Å². The van der Waals surface area contributed by atoms with Crippen LogP contribution in [0.1, 0.15) is 36.2 Å². The van der Waals surface area contributed by atoms with Gasteiger partial charge in [0.15, 0.2) is 0 Å². The predicted octanol–water partition coefficient (Wildman–Crippen LogP) is 2.05. The zero-order valence-corrected chi connectivity index (χ0v) is 12.1. The minimum Gasteiger partial charge on any atom is -0.356 e. The van der Waals surface area contributed by atoms with E-state index in [0.717, 1.165) is 31.4 Å². The van der Waals surface area contributed by atoms with Crippen LogP contribution in [0.2, 0.25) is 0 Å². The number of nitrogens with one attached hydrogen (secondary N) is 1. The van der Waals surface area contributed by atoms with E-state index in [0.29, 0.717) is 6.54 Å². The van der Waals surface area contributed by atoms with Crippen LogP contribution in [0.3, 0.4) is 0 Å². The van der Waals surface area contributed by atoms with Gasteiger partial charge in [-0.05, 0) is 45.1 Å². The summed E-state index contributed by atoms with van der Waals surface area (Å²) in [5.41, 5.74) is 3.51. The molecule has 0 bridgehead atoms. The molecule has 2 rings (SSSR count). The van der Waals surface area contributed by atoms with Crippen molar-refractivity contribution in [2.24, 2.45) is 13.0 Å². The first-order valence-electron chi connectivity index (χ1n) is 7.01. The standard InChI is InChI=1S/C15H23N3O/c1-11-14(12(2)18(3)17-11)9-10-16-15(19)13-7-5-4-6-8-13/h4-5,13H,6-10H2,1-3H3,(H,16,19). The monoisotopic (exact) mass is 261 g/mol. The van der Waals surface area contributed by atoms with Crippen LogP contribution in [0.5, 0.6) is 0 Å². The summed E-state index contributed by atoms with van der Waals surface area (Å²) in [6.45, 7) is 4.80. The summed E-state index contributed by atoms with van der Waals surface area (Å²) in [6, 6.07) is 0. The van der Waals surface area contributed by atoms with Crippen molar-refractivity contribution in [3.05, 3.63) is 29.1 Å². The maximum absolute atomic E-state index is 12.0. The molecule has 0 fully saturated rings. The van der Waals surface area contributed by atoms with Crippen molar-refractivity contribution in [2.75, 3.05) is 6.54 Å². The van der Waals surface area contributed by atoms with Crippen molar-refractivity contribution in [3.8, 4) is 0 Å². The molecule has 0 spiro atoms. The summed E-state index contributed by atoms with van der Waals surface area (Å²) in [6.07, 6.45) is 8.03. The van der Waals surface area contributed by atoms with Gasteiger partial charge in [-0.2, -0.15) is 5.10 Å². The summed E-state index contributed by atoms with van der Waals surface area (Å²) < 4.78 is 1.90. The van der Waals surface area contributed by atoms with Crippen molar-refractivity contribution in [1.82, 2.24) is 15.1 Å². The van der Waals surface area contributed by atoms with Gasteiger partial charge in [0.25, 0.3) is 0 Å². The van der Waals surface area contributed by atoms with Crippen LogP contribution < -0.4 is 5.32 Å². The van der Waals surface area contributed by atoms with Crippen LogP contribution in [-0.2, 0) is 18.3 Å². The number of hydrogen-bond acceptors (Lipinski definition) is 2. The zero-order chi connectivity index (χ0) is 13.8. The van der Waals surface area contributed by atoms with Crippen LogP contribution in [-0.4, -0.2) is 22.2 Å². The lowest BCUT2D eigenvalue weighted by atomic mass is 9.93. The van der Waals surface area contributed by atoms with E-state index < -0.39 is 0 Å². The van der Waals surface area contributed by atoms with Crippen LogP contribution in [0, 0.1) is 19.8 Å². The van der Waals surface area contributed by atoms with Crippen LogP contribution in [0.25, 0.3) is 0 Å². The Kier molecular flexibility index (Phi) is 4.40. The maximum atomic E-state index is 12.0. The third-order valence-electron chi connectivity index (χ3n) is 3.97. The van der Waals surface area contributed by atoms with E-state index in [4.69, 9.17) is 0 Å². The molecule has 1 amide bonds. The Morgan fingerprint density at radius 1 is 1.47 bits per heavy atom. The molecule has 1 aliphatic carbocycles. The number of nitrogens with zero attached hydrogens (tertiary/aromatic N) is 2. The number of carbonyl (C=O) groups excluding carboxylic acids is 1. The third kappa shape index (κ3) is 3.25. The summed E-state index contributed by atoms with van der Waals surface area (Å²) in [4.78, 5) is 12.0. The van der Waals surface area contributed by atoms with Crippen molar-refractivity contribution >= 4 is 5.91 Å². The number of aromatic nitrogens is 2. The van der Waals surface area contributed by atoms with Gasteiger partial charge in [0.05, 0.1) is 5.69 Å². The number of amides is 1. The molecule has 0 aromatic carbocycles. The Morgan fingerprint density at radius 3 is 2.84 bits per heavy atom. The molecular formula is C15H23N3O. The second-order valence-electron chi connectivity index (χ2n) is 5.30. The Hall–Kier alpha value is -1.58. The summed E-state index contributed by atoms with van der Waals surface area (Å²) in [5, 5.41) is 7.45. The fraction of sp³-hybridized carbons (Fsp3) is 0.600. The van der Waals surface area contributed by atoms with Crippen LogP contribution in [0.15, 0.2) is 12.2 Å². The van der Waals surface area contributed by atoms with E-state index in [-0.39, 0.29) is 11.8 Å². The first-order valence-corrected chi connectivity index (χ1v) is 7.01. The Morgan fingerprint density at radius 2 is 2.26 bits per heavy atom. The maximum Gasteiger partial charge on any atom is 0.223 e. The van der Waals surface area contributed by atoms with Crippen molar-refractivity contribution < 1.29 is 4.79 Å². The Labute approximate surface area is 114 Å². The first kappa shape index (κ1) is 13.8. The molecule has 104 valence electrons. The highest BCUT2D eigenvalue weighted by Crippen LogP contribution is 2.18. The molecule has 0 aliphatic heterocycles. The molecule has 0 radical (unpaired) electrons. The van der Waals surface area contributed by atoms with Gasteiger partial charge in [0.1, 0.15) is 0 Å². The molecule has 1 unspecified atom stereocenters. The summed E-state index contributed by atoms with van der Waals surface area (Å²) in [5.74, 6) is 0.365. The fourth-order valence-corrected chi connectivity index (χ4v) is 2.67. The SMILES string of the molecule is Cc1nn(C)c(C)c1CCNC(=O)C1CC=CCC1. The number of allylic oxidation sites excluding steroid dienone is 2. The van der Waals surface area contributed by atoms with Gasteiger partial charge in [0.2, 0.25) is 5.91 Å². The van der Waals surface area contributed by atoms with E-state index in [1.54, 1.807) is 0 Å². The largest absolute Gasteiger partial charge is 0.356 e. The zero-order valence-electron chi connectivity index (χ0n) is 12.1. The highest BCUT2D eigenvalue weighted by Gasteiger charge is 2.18. The smallest absolute Gasteiger partial charge is 0.223 e. The number of aryl methyl sites for hydroxylation is 2. The van der Waals surface area contributed by atoms with Gasteiger partial charge in [-0.1, -0.05) is 12.2 Å². The second-order valence-corrected chi connectivity index (χ2v) is 5.30. The Bertz CT molecular complexity index is 488. The average Bonchev–Trinajstić information content (AvgIpc) is 2.66. The summed E-state index contributed by atoms with van der Waals surface area (Å²) >= 11 is 0. The molecule has 1 atom stereocenters. The lowest BCUT2D eigenvalue weighted by molar-refractivity contribution is -0.125. The van der Waals surface area contributed by atoms with E-state index in [1.165, 1.54) is 11.3 Å². The van der Waals surface area contributed by atoms with Gasteiger partial charge < -0.3 is 5.32 Å². The van der Waals surface area contributed by atoms with E-state index in [9.17, 15) is 4.79 Å². The number of rotatable bonds is 4. The van der Waals surface area contributed by atoms with Crippen molar-refractivity contribution in [2.45, 2.75) is 39.5 Å². The molecule has 0 saturated carbocycles. The van der Waals surface area contributed by atoms with Crippen LogP contribution >= 0.6 is 0 Å². The van der Waals surface area contributed by atoms with E-state index in [2.05, 4.69) is 29.5 Å². The molecule has 4 heteroatoms. The molecule has 1 aromatic heterocycles. The third-order valence-corrected chi connectivity index (χ3v) is 3.97. The first-order chi connectivity index (χ1) is 9.09. The molecule has 1 N–H and O–H groups in total. The fourth-order valence-electron chi connectivity index (χ4n) is 2.67. The van der Waals surface area contributed by atoms with Crippen LogP contribution in [0.4, 0.5) is 0 Å². The lowest BCUT2D eigenvalue weighted by Crippen LogP contribution is -2.32. The molecule has 1 heterocycles. The highest BCUT2D eigenvalue weighted by molar-refractivity contribution is 5.78. The molecular weight excluding hydrogens is 238 g/mol. The molecule has 4 nitrogen and oxygen atoms in total. The minimum absolute atomic E-state index is 0.168. The van der Waals surface area contributed by atoms with E-state index in [1.807, 2.05) is 18.7 Å². The average molecular weight is 261 g/mol. The van der Waals surface area contributed by atoms with Gasteiger partial charge >= 0.3 is 0 Å². The van der Waals surface area contributed by atoms with Gasteiger partial charge in [0, 0.05) is 25.2 Å². The molecule has 1 aromatic rings. The summed E-state index contributed by atoms with van der Waals surface area (Å²) in [7, 11) is 1.96. The topological polar surface area (TPSA) is 46.9 Å². The molecule has 0 saturated heterocycles. The van der Waals surface area contributed by atoms with Crippen molar-refractivity contribution in [1.29, 1.82) is 0 Å². The Balaban J connectivity index is 1.83. The number of hydrogen-bond donors (Lipinski definition) is 1. The van der Waals surface area contributed by atoms with Gasteiger partial charge in [-0.3, -0.25) is 9.48 Å².